The molecule has 26 heavy (non-hydrogen) atoms. The molecule has 1 aliphatic rings. The zero-order chi connectivity index (χ0) is 17.7. The lowest BCUT2D eigenvalue weighted by atomic mass is 10.1. The molecule has 0 radical (unpaired) electrons. The normalized spacial score (nSPS) is 15.9. The van der Waals surface area contributed by atoms with Gasteiger partial charge in [-0.15, -0.1) is 0 Å². The molecule has 0 aliphatic carbocycles. The van der Waals surface area contributed by atoms with Gasteiger partial charge in [0.05, 0.1) is 11.0 Å². The fourth-order valence-electron chi connectivity index (χ4n) is 3.92. The zero-order valence-electron chi connectivity index (χ0n) is 15.0. The summed E-state index contributed by atoms with van der Waals surface area (Å²) in [6, 6.07) is 12.8. The molecule has 0 spiro atoms. The number of aromatic nitrogens is 3. The fourth-order valence-corrected chi connectivity index (χ4v) is 3.92. The number of fused-ring (bicyclic) bond motifs is 2. The molecule has 5 heteroatoms. The number of imidazole rings is 1. The Bertz CT molecular complexity index is 1100. The average Bonchev–Trinajstić information content (AvgIpc) is 3.21. The van der Waals surface area contributed by atoms with Crippen LogP contribution in [-0.2, 0) is 4.74 Å². The van der Waals surface area contributed by atoms with Crippen LogP contribution in [-0.4, -0.2) is 27.7 Å². The molecule has 1 aliphatic heterocycles. The van der Waals surface area contributed by atoms with Crippen LogP contribution in [0.5, 0.6) is 0 Å². The molecule has 2 aromatic carbocycles. The van der Waals surface area contributed by atoms with E-state index in [1.165, 1.54) is 11.1 Å². The van der Waals surface area contributed by atoms with E-state index in [-0.39, 0.29) is 0 Å². The molecule has 1 saturated heterocycles. The van der Waals surface area contributed by atoms with Gasteiger partial charge < -0.3 is 13.7 Å². The van der Waals surface area contributed by atoms with Crippen LogP contribution in [0, 0.1) is 13.8 Å². The van der Waals surface area contributed by atoms with Gasteiger partial charge in [0, 0.05) is 24.8 Å². The van der Waals surface area contributed by atoms with E-state index in [0.29, 0.717) is 11.9 Å². The number of benzene rings is 2. The highest BCUT2D eigenvalue weighted by Gasteiger charge is 2.20. The van der Waals surface area contributed by atoms with Crippen LogP contribution in [0.15, 0.2) is 40.8 Å². The number of ether oxygens (including phenoxy) is 1. The number of hydrogen-bond donors (Lipinski definition) is 0. The maximum atomic E-state index is 5.95. The van der Waals surface area contributed by atoms with Crippen LogP contribution >= 0.6 is 0 Å². The van der Waals surface area contributed by atoms with Crippen LogP contribution < -0.4 is 0 Å². The Morgan fingerprint density at radius 2 is 1.81 bits per heavy atom. The summed E-state index contributed by atoms with van der Waals surface area (Å²) in [7, 11) is 0. The Morgan fingerprint density at radius 3 is 2.65 bits per heavy atom. The molecule has 2 aromatic heterocycles. The molecule has 0 amide bonds. The van der Waals surface area contributed by atoms with E-state index in [1.54, 1.807) is 0 Å². The van der Waals surface area contributed by atoms with E-state index in [0.717, 1.165) is 54.1 Å². The summed E-state index contributed by atoms with van der Waals surface area (Å²) in [5.41, 5.74) is 6.01. The molecule has 1 fully saturated rings. The fraction of sp³-hybridized carbons (Fsp3) is 0.333. The summed E-state index contributed by atoms with van der Waals surface area (Å²) in [6.07, 6.45) is 2.08. The van der Waals surface area contributed by atoms with Gasteiger partial charge in [-0.25, -0.2) is 9.97 Å². The summed E-state index contributed by atoms with van der Waals surface area (Å²) in [4.78, 5) is 9.45. The second-order valence-corrected chi connectivity index (χ2v) is 7.07. The van der Waals surface area contributed by atoms with Crippen LogP contribution in [0.1, 0.15) is 30.3 Å². The second-order valence-electron chi connectivity index (χ2n) is 7.07. The molecular formula is C21H21N3O2. The van der Waals surface area contributed by atoms with Crippen molar-refractivity contribution in [3.05, 3.63) is 47.8 Å². The van der Waals surface area contributed by atoms with Gasteiger partial charge >= 0.3 is 0 Å². The Labute approximate surface area is 151 Å². The van der Waals surface area contributed by atoms with Crippen molar-refractivity contribution >= 4 is 22.1 Å². The van der Waals surface area contributed by atoms with E-state index in [9.17, 15) is 0 Å². The van der Waals surface area contributed by atoms with E-state index in [2.05, 4.69) is 41.6 Å². The lowest BCUT2D eigenvalue weighted by molar-refractivity contribution is 0.0701. The van der Waals surface area contributed by atoms with Gasteiger partial charge in [-0.1, -0.05) is 6.07 Å². The van der Waals surface area contributed by atoms with E-state index >= 15 is 0 Å². The third kappa shape index (κ3) is 2.51. The SMILES string of the molecule is Cc1ccc2oc(-c3ccc4c(c3)nc(C)n4C3CCOCC3)nc2c1. The zero-order valence-corrected chi connectivity index (χ0v) is 15.0. The van der Waals surface area contributed by atoms with Crippen molar-refractivity contribution in [1.29, 1.82) is 0 Å². The summed E-state index contributed by atoms with van der Waals surface area (Å²) >= 11 is 0. The molecule has 3 heterocycles. The van der Waals surface area contributed by atoms with Gasteiger partial charge in [-0.3, -0.25) is 0 Å². The summed E-state index contributed by atoms with van der Waals surface area (Å²) in [5, 5.41) is 0. The molecule has 0 bridgehead atoms. The monoisotopic (exact) mass is 347 g/mol. The van der Waals surface area contributed by atoms with Crippen molar-refractivity contribution in [3.8, 4) is 11.5 Å². The van der Waals surface area contributed by atoms with Gasteiger partial charge in [0.25, 0.3) is 0 Å². The predicted octanol–water partition coefficient (Wildman–Crippen LogP) is 4.81. The molecule has 0 saturated carbocycles. The van der Waals surface area contributed by atoms with Crippen molar-refractivity contribution in [2.24, 2.45) is 0 Å². The van der Waals surface area contributed by atoms with Gasteiger partial charge in [-0.05, 0) is 62.6 Å². The van der Waals surface area contributed by atoms with E-state index in [1.807, 2.05) is 18.2 Å². The van der Waals surface area contributed by atoms with Crippen molar-refractivity contribution in [1.82, 2.24) is 14.5 Å². The number of rotatable bonds is 2. The predicted molar refractivity (Wildman–Crippen MR) is 101 cm³/mol. The number of hydrogen-bond acceptors (Lipinski definition) is 4. The summed E-state index contributed by atoms with van der Waals surface area (Å²) in [5.74, 6) is 1.70. The molecule has 0 atom stereocenters. The number of nitrogens with zero attached hydrogens (tertiary/aromatic N) is 3. The molecule has 0 unspecified atom stereocenters. The van der Waals surface area contributed by atoms with Crippen molar-refractivity contribution in [2.75, 3.05) is 13.2 Å². The molecular weight excluding hydrogens is 326 g/mol. The Hall–Kier alpha value is -2.66. The Kier molecular flexibility index (Phi) is 3.57. The van der Waals surface area contributed by atoms with Crippen molar-refractivity contribution < 1.29 is 9.15 Å². The first-order valence-electron chi connectivity index (χ1n) is 9.13. The average molecular weight is 347 g/mol. The minimum atomic E-state index is 0.465. The lowest BCUT2D eigenvalue weighted by Gasteiger charge is -2.25. The minimum Gasteiger partial charge on any atom is -0.436 e. The van der Waals surface area contributed by atoms with E-state index in [4.69, 9.17) is 14.1 Å². The van der Waals surface area contributed by atoms with Crippen molar-refractivity contribution in [2.45, 2.75) is 32.7 Å². The van der Waals surface area contributed by atoms with Crippen LogP contribution in [0.2, 0.25) is 0 Å². The lowest BCUT2D eigenvalue weighted by Crippen LogP contribution is -2.20. The van der Waals surface area contributed by atoms with Gasteiger partial charge in [0.15, 0.2) is 5.58 Å². The largest absolute Gasteiger partial charge is 0.436 e. The first-order chi connectivity index (χ1) is 12.7. The number of aryl methyl sites for hydroxylation is 2. The molecule has 132 valence electrons. The topological polar surface area (TPSA) is 53.1 Å². The smallest absolute Gasteiger partial charge is 0.227 e. The number of oxazole rings is 1. The maximum absolute atomic E-state index is 5.95. The molecule has 5 rings (SSSR count). The third-order valence-corrected chi connectivity index (χ3v) is 5.21. The van der Waals surface area contributed by atoms with Gasteiger partial charge in [-0.2, -0.15) is 0 Å². The standard InChI is InChI=1S/C21H21N3O2/c1-13-3-6-20-18(11-13)23-21(26-20)15-4-5-19-17(12-15)22-14(2)24(19)16-7-9-25-10-8-16/h3-6,11-12,16H,7-10H2,1-2H3. The Morgan fingerprint density at radius 1 is 0.962 bits per heavy atom. The highest BCUT2D eigenvalue weighted by Crippen LogP contribution is 2.31. The van der Waals surface area contributed by atoms with Crippen molar-refractivity contribution in [3.63, 3.8) is 0 Å². The third-order valence-electron chi connectivity index (χ3n) is 5.21. The molecule has 0 N–H and O–H groups in total. The molecule has 4 aromatic rings. The van der Waals surface area contributed by atoms with Gasteiger partial charge in [0.2, 0.25) is 5.89 Å². The van der Waals surface area contributed by atoms with Gasteiger partial charge in [0.1, 0.15) is 11.3 Å². The highest BCUT2D eigenvalue weighted by molar-refractivity contribution is 5.83. The van der Waals surface area contributed by atoms with Crippen LogP contribution in [0.3, 0.4) is 0 Å². The first-order valence-corrected chi connectivity index (χ1v) is 9.13. The maximum Gasteiger partial charge on any atom is 0.227 e. The summed E-state index contributed by atoms with van der Waals surface area (Å²) in [6.45, 7) is 5.79. The van der Waals surface area contributed by atoms with Crippen LogP contribution in [0.25, 0.3) is 33.6 Å². The first kappa shape index (κ1) is 15.6. The van der Waals surface area contributed by atoms with E-state index < -0.39 is 0 Å². The molecule has 5 nitrogen and oxygen atoms in total. The van der Waals surface area contributed by atoms with Crippen LogP contribution in [0.4, 0.5) is 0 Å². The summed E-state index contributed by atoms with van der Waals surface area (Å²) < 4.78 is 13.8. The second kappa shape index (κ2) is 5.95. The highest BCUT2D eigenvalue weighted by atomic mass is 16.5. The quantitative estimate of drug-likeness (QED) is 0.522. The Balaban J connectivity index is 1.59. The minimum absolute atomic E-state index is 0.465.